The molecule has 0 bridgehead atoms. The summed E-state index contributed by atoms with van der Waals surface area (Å²) in [6.07, 6.45) is 0. The van der Waals surface area contributed by atoms with E-state index < -0.39 is 26.6 Å². The van der Waals surface area contributed by atoms with Crippen LogP contribution in [0.3, 0.4) is 0 Å². The number of halogens is 2. The molecule has 0 N–H and O–H groups in total. The van der Waals surface area contributed by atoms with Crippen molar-refractivity contribution in [3.63, 3.8) is 0 Å². The number of nitriles is 1. The molecule has 1 amide bonds. The fourth-order valence-electron chi connectivity index (χ4n) is 3.84. The normalized spacial score (nSPS) is 14.6. The smallest absolute Gasteiger partial charge is 0.254 e. The Bertz CT molecular complexity index is 1360. The molecule has 0 aliphatic carbocycles. The maximum atomic E-state index is 14.1. The third-order valence-electron chi connectivity index (χ3n) is 5.53. The van der Waals surface area contributed by atoms with Gasteiger partial charge in [0.15, 0.2) is 0 Å². The Morgan fingerprint density at radius 2 is 1.52 bits per heavy atom. The monoisotopic (exact) mass is 467 g/mol. The van der Waals surface area contributed by atoms with Gasteiger partial charge in [-0.3, -0.25) is 4.79 Å². The van der Waals surface area contributed by atoms with Gasteiger partial charge in [-0.05, 0) is 35.9 Å². The molecule has 4 rings (SSSR count). The van der Waals surface area contributed by atoms with Crippen molar-refractivity contribution in [2.45, 2.75) is 4.90 Å². The van der Waals surface area contributed by atoms with Gasteiger partial charge in [0, 0.05) is 37.3 Å². The van der Waals surface area contributed by atoms with E-state index in [4.69, 9.17) is 0 Å². The highest BCUT2D eigenvalue weighted by Crippen LogP contribution is 2.28. The highest BCUT2D eigenvalue weighted by atomic mass is 32.2. The number of rotatable bonds is 4. The van der Waals surface area contributed by atoms with Gasteiger partial charge in [0.1, 0.15) is 16.5 Å². The summed E-state index contributed by atoms with van der Waals surface area (Å²) < 4.78 is 54.2. The van der Waals surface area contributed by atoms with E-state index in [1.807, 2.05) is 0 Å². The van der Waals surface area contributed by atoms with E-state index in [1.165, 1.54) is 4.90 Å². The third kappa shape index (κ3) is 4.35. The van der Waals surface area contributed by atoms with E-state index in [1.54, 1.807) is 48.5 Å². The van der Waals surface area contributed by atoms with Crippen LogP contribution in [0.1, 0.15) is 15.9 Å². The van der Waals surface area contributed by atoms with Crippen LogP contribution in [-0.4, -0.2) is 49.7 Å². The molecular weight excluding hydrogens is 448 g/mol. The average molecular weight is 467 g/mol. The van der Waals surface area contributed by atoms with Crippen molar-refractivity contribution in [2.75, 3.05) is 26.2 Å². The summed E-state index contributed by atoms with van der Waals surface area (Å²) in [5, 5.41) is 9.44. The standard InChI is InChI=1S/C24H19F2N3O3S/c25-18-9-10-22(26)23(15-18)33(31,32)29-13-11-28(12-14-29)24(30)21-8-4-3-7-20(21)19-6-2-1-5-17(19)16-27/h1-10,15H,11-14H2. The van der Waals surface area contributed by atoms with Crippen LogP contribution in [0.2, 0.25) is 0 Å². The Morgan fingerprint density at radius 3 is 2.21 bits per heavy atom. The molecule has 9 heteroatoms. The molecule has 1 aliphatic rings. The van der Waals surface area contributed by atoms with Gasteiger partial charge in [-0.15, -0.1) is 0 Å². The molecule has 0 spiro atoms. The zero-order chi connectivity index (χ0) is 23.6. The Kier molecular flexibility index (Phi) is 6.22. The quantitative estimate of drug-likeness (QED) is 0.587. The van der Waals surface area contributed by atoms with Crippen molar-refractivity contribution in [3.8, 4) is 17.2 Å². The predicted molar refractivity (Wildman–Crippen MR) is 118 cm³/mol. The van der Waals surface area contributed by atoms with E-state index in [9.17, 15) is 27.3 Å². The second kappa shape index (κ2) is 9.10. The maximum absolute atomic E-state index is 14.1. The molecule has 6 nitrogen and oxygen atoms in total. The first-order chi connectivity index (χ1) is 15.8. The van der Waals surface area contributed by atoms with Gasteiger partial charge in [0.05, 0.1) is 11.6 Å². The number of amides is 1. The van der Waals surface area contributed by atoms with Crippen LogP contribution < -0.4 is 0 Å². The minimum absolute atomic E-state index is 0.0546. The van der Waals surface area contributed by atoms with Crippen molar-refractivity contribution in [2.24, 2.45) is 0 Å². The average Bonchev–Trinajstić information content (AvgIpc) is 2.85. The molecule has 168 valence electrons. The lowest BCUT2D eigenvalue weighted by Crippen LogP contribution is -2.50. The number of carbonyl (C=O) groups excluding carboxylic acids is 1. The van der Waals surface area contributed by atoms with Crippen LogP contribution >= 0.6 is 0 Å². The van der Waals surface area contributed by atoms with Crippen LogP contribution in [0, 0.1) is 23.0 Å². The van der Waals surface area contributed by atoms with Crippen molar-refractivity contribution in [1.29, 1.82) is 5.26 Å². The Hall–Kier alpha value is -3.61. The highest BCUT2D eigenvalue weighted by molar-refractivity contribution is 7.89. The fourth-order valence-corrected chi connectivity index (χ4v) is 5.33. The second-order valence-corrected chi connectivity index (χ2v) is 9.38. The summed E-state index contributed by atoms with van der Waals surface area (Å²) in [5.74, 6) is -2.18. The largest absolute Gasteiger partial charge is 0.336 e. The molecule has 33 heavy (non-hydrogen) atoms. The third-order valence-corrected chi connectivity index (χ3v) is 7.45. The van der Waals surface area contributed by atoms with Crippen LogP contribution in [0.5, 0.6) is 0 Å². The topological polar surface area (TPSA) is 81.5 Å². The van der Waals surface area contributed by atoms with Crippen molar-refractivity contribution < 1.29 is 22.0 Å². The van der Waals surface area contributed by atoms with Crippen molar-refractivity contribution in [1.82, 2.24) is 9.21 Å². The lowest BCUT2D eigenvalue weighted by atomic mass is 9.95. The number of nitrogens with zero attached hydrogens (tertiary/aromatic N) is 3. The zero-order valence-corrected chi connectivity index (χ0v) is 18.2. The van der Waals surface area contributed by atoms with Gasteiger partial charge >= 0.3 is 0 Å². The lowest BCUT2D eigenvalue weighted by molar-refractivity contribution is 0.0698. The second-order valence-electron chi connectivity index (χ2n) is 7.47. The van der Waals surface area contributed by atoms with Gasteiger partial charge in [-0.2, -0.15) is 9.57 Å². The highest BCUT2D eigenvalue weighted by Gasteiger charge is 2.33. The van der Waals surface area contributed by atoms with Gasteiger partial charge < -0.3 is 4.90 Å². The molecule has 0 atom stereocenters. The maximum Gasteiger partial charge on any atom is 0.254 e. The van der Waals surface area contributed by atoms with E-state index in [-0.39, 0.29) is 32.1 Å². The molecule has 1 aliphatic heterocycles. The zero-order valence-electron chi connectivity index (χ0n) is 17.4. The number of hydrogen-bond acceptors (Lipinski definition) is 4. The summed E-state index contributed by atoms with van der Waals surface area (Å²) >= 11 is 0. The van der Waals surface area contributed by atoms with Gasteiger partial charge in [0.25, 0.3) is 5.91 Å². The van der Waals surface area contributed by atoms with Gasteiger partial charge in [-0.1, -0.05) is 36.4 Å². The summed E-state index contributed by atoms with van der Waals surface area (Å²) in [5.41, 5.74) is 2.07. The van der Waals surface area contributed by atoms with Gasteiger partial charge in [0.2, 0.25) is 10.0 Å². The number of benzene rings is 3. The molecular formula is C24H19F2N3O3S. The Balaban J connectivity index is 1.56. The number of piperazine rings is 1. The lowest BCUT2D eigenvalue weighted by Gasteiger charge is -2.34. The van der Waals surface area contributed by atoms with Crippen molar-refractivity contribution >= 4 is 15.9 Å². The summed E-state index contributed by atoms with van der Waals surface area (Å²) in [6, 6.07) is 18.3. The van der Waals surface area contributed by atoms with E-state index >= 15 is 0 Å². The minimum atomic E-state index is -4.24. The Labute approximate surface area is 190 Å². The molecule has 3 aromatic rings. The van der Waals surface area contributed by atoms with Gasteiger partial charge in [-0.25, -0.2) is 17.2 Å². The summed E-state index contributed by atoms with van der Waals surface area (Å²) in [6.45, 7) is 0.0639. The molecule has 3 aromatic carbocycles. The minimum Gasteiger partial charge on any atom is -0.336 e. The summed E-state index contributed by atoms with van der Waals surface area (Å²) in [4.78, 5) is 14.1. The fraction of sp³-hybridized carbons (Fsp3) is 0.167. The number of carbonyl (C=O) groups is 1. The van der Waals surface area contributed by atoms with Crippen molar-refractivity contribution in [3.05, 3.63) is 89.5 Å². The molecule has 1 fully saturated rings. The first kappa shape index (κ1) is 22.6. The molecule has 0 radical (unpaired) electrons. The molecule has 0 saturated carbocycles. The predicted octanol–water partition coefficient (Wildman–Crippen LogP) is 3.65. The SMILES string of the molecule is N#Cc1ccccc1-c1ccccc1C(=O)N1CCN(S(=O)(=O)c2cc(F)ccc2F)CC1. The van der Waals surface area contributed by atoms with Crippen LogP contribution in [0.25, 0.3) is 11.1 Å². The van der Waals surface area contributed by atoms with Crippen LogP contribution in [0.15, 0.2) is 71.6 Å². The number of sulfonamides is 1. The first-order valence-corrected chi connectivity index (χ1v) is 11.6. The molecule has 0 aromatic heterocycles. The van der Waals surface area contributed by atoms with E-state index in [0.717, 1.165) is 16.4 Å². The van der Waals surface area contributed by atoms with E-state index in [2.05, 4.69) is 6.07 Å². The summed E-state index contributed by atoms with van der Waals surface area (Å²) in [7, 11) is -4.24. The van der Waals surface area contributed by atoms with Crippen LogP contribution in [-0.2, 0) is 10.0 Å². The molecule has 1 saturated heterocycles. The van der Waals surface area contributed by atoms with E-state index in [0.29, 0.717) is 28.3 Å². The molecule has 1 heterocycles. The molecule has 0 unspecified atom stereocenters. The Morgan fingerprint density at radius 1 is 0.879 bits per heavy atom. The number of hydrogen-bond donors (Lipinski definition) is 0. The first-order valence-electron chi connectivity index (χ1n) is 10.2. The van der Waals surface area contributed by atoms with Crippen LogP contribution in [0.4, 0.5) is 8.78 Å².